The molecule has 2 nitrogen and oxygen atoms in total. The first kappa shape index (κ1) is 13.8. The maximum absolute atomic E-state index is 9.05. The average molecular weight is 289 g/mol. The highest BCUT2D eigenvalue weighted by molar-refractivity contribution is 7.99. The standard InChI is InChI=1S/C15H13ClN2S/c16-14-7-4-8-15(13(14)11-17)18-9-10-19-12-5-2-1-3-6-12/h1-8,18H,9-10H2. The summed E-state index contributed by atoms with van der Waals surface area (Å²) >= 11 is 7.75. The van der Waals surface area contributed by atoms with E-state index in [-0.39, 0.29) is 0 Å². The van der Waals surface area contributed by atoms with Crippen LogP contribution in [0, 0.1) is 11.3 Å². The lowest BCUT2D eigenvalue weighted by molar-refractivity contribution is 1.22. The molecule has 2 aromatic carbocycles. The molecular formula is C15H13ClN2S. The van der Waals surface area contributed by atoms with Crippen molar-refractivity contribution in [3.8, 4) is 6.07 Å². The number of thioether (sulfide) groups is 1. The Bertz CT molecular complexity index is 578. The van der Waals surface area contributed by atoms with E-state index in [0.29, 0.717) is 10.6 Å². The van der Waals surface area contributed by atoms with Crippen molar-refractivity contribution >= 4 is 29.1 Å². The van der Waals surface area contributed by atoms with E-state index < -0.39 is 0 Å². The van der Waals surface area contributed by atoms with E-state index >= 15 is 0 Å². The summed E-state index contributed by atoms with van der Waals surface area (Å²) in [5.41, 5.74) is 1.30. The number of hydrogen-bond donors (Lipinski definition) is 1. The van der Waals surface area contributed by atoms with Crippen LogP contribution in [0.25, 0.3) is 0 Å². The van der Waals surface area contributed by atoms with Crippen molar-refractivity contribution in [1.29, 1.82) is 5.26 Å². The van der Waals surface area contributed by atoms with Gasteiger partial charge in [-0.1, -0.05) is 35.9 Å². The molecule has 4 heteroatoms. The SMILES string of the molecule is N#Cc1c(Cl)cccc1NCCSc1ccccc1. The van der Waals surface area contributed by atoms with Crippen molar-refractivity contribution in [3.05, 3.63) is 59.1 Å². The topological polar surface area (TPSA) is 35.8 Å². The maximum Gasteiger partial charge on any atom is 0.103 e. The van der Waals surface area contributed by atoms with E-state index in [1.165, 1.54) is 4.90 Å². The first-order valence-electron chi connectivity index (χ1n) is 5.91. The van der Waals surface area contributed by atoms with Crippen molar-refractivity contribution in [2.24, 2.45) is 0 Å². The zero-order chi connectivity index (χ0) is 13.5. The molecular weight excluding hydrogens is 276 g/mol. The van der Waals surface area contributed by atoms with E-state index in [0.717, 1.165) is 18.0 Å². The number of rotatable bonds is 5. The number of hydrogen-bond acceptors (Lipinski definition) is 3. The number of nitrogens with one attached hydrogen (secondary N) is 1. The van der Waals surface area contributed by atoms with Gasteiger partial charge in [0.15, 0.2) is 0 Å². The van der Waals surface area contributed by atoms with Gasteiger partial charge in [0.2, 0.25) is 0 Å². The van der Waals surface area contributed by atoms with Gasteiger partial charge in [0, 0.05) is 17.2 Å². The van der Waals surface area contributed by atoms with Crippen molar-refractivity contribution in [3.63, 3.8) is 0 Å². The molecule has 96 valence electrons. The quantitative estimate of drug-likeness (QED) is 0.654. The van der Waals surface area contributed by atoms with E-state index in [4.69, 9.17) is 16.9 Å². The second-order valence-electron chi connectivity index (χ2n) is 3.86. The lowest BCUT2D eigenvalue weighted by atomic mass is 10.2. The molecule has 0 bridgehead atoms. The van der Waals surface area contributed by atoms with Gasteiger partial charge in [-0.05, 0) is 24.3 Å². The van der Waals surface area contributed by atoms with Crippen molar-refractivity contribution in [2.45, 2.75) is 4.90 Å². The molecule has 0 unspecified atom stereocenters. The third-order valence-corrected chi connectivity index (χ3v) is 3.88. The van der Waals surface area contributed by atoms with Crippen LogP contribution in [0.4, 0.5) is 5.69 Å². The van der Waals surface area contributed by atoms with Gasteiger partial charge in [0.05, 0.1) is 16.3 Å². The zero-order valence-corrected chi connectivity index (χ0v) is 11.8. The fourth-order valence-corrected chi connectivity index (χ4v) is 2.66. The van der Waals surface area contributed by atoms with E-state index in [9.17, 15) is 0 Å². The summed E-state index contributed by atoms with van der Waals surface area (Å²) in [6, 6.07) is 17.8. The highest BCUT2D eigenvalue weighted by Gasteiger charge is 2.05. The van der Waals surface area contributed by atoms with Gasteiger partial charge in [0.25, 0.3) is 0 Å². The number of anilines is 1. The first-order chi connectivity index (χ1) is 9.31. The molecule has 1 N–H and O–H groups in total. The van der Waals surface area contributed by atoms with Crippen molar-refractivity contribution in [1.82, 2.24) is 0 Å². The highest BCUT2D eigenvalue weighted by atomic mass is 35.5. The third-order valence-electron chi connectivity index (χ3n) is 2.55. The molecule has 0 aromatic heterocycles. The summed E-state index contributed by atoms with van der Waals surface area (Å²) in [7, 11) is 0. The summed E-state index contributed by atoms with van der Waals surface area (Å²) in [5.74, 6) is 0.932. The molecule has 0 fully saturated rings. The fraction of sp³-hybridized carbons (Fsp3) is 0.133. The van der Waals surface area contributed by atoms with E-state index in [1.807, 2.05) is 30.3 Å². The molecule has 0 spiro atoms. The Morgan fingerprint density at radius 2 is 1.89 bits per heavy atom. The third kappa shape index (κ3) is 3.92. The minimum Gasteiger partial charge on any atom is -0.383 e. The Morgan fingerprint density at radius 1 is 1.11 bits per heavy atom. The van der Waals surface area contributed by atoms with E-state index in [1.54, 1.807) is 17.8 Å². The van der Waals surface area contributed by atoms with Crippen LogP contribution in [0.1, 0.15) is 5.56 Å². The molecule has 0 amide bonds. The zero-order valence-electron chi connectivity index (χ0n) is 10.3. The van der Waals surface area contributed by atoms with Gasteiger partial charge in [-0.25, -0.2) is 0 Å². The molecule has 0 saturated carbocycles. The van der Waals surface area contributed by atoms with Gasteiger partial charge in [0.1, 0.15) is 6.07 Å². The second kappa shape index (κ2) is 7.08. The average Bonchev–Trinajstić information content (AvgIpc) is 2.45. The Hall–Kier alpha value is -1.63. The first-order valence-corrected chi connectivity index (χ1v) is 7.28. The predicted octanol–water partition coefficient (Wildman–Crippen LogP) is 4.42. The fourth-order valence-electron chi connectivity index (χ4n) is 1.66. The Labute approximate surface area is 122 Å². The summed E-state index contributed by atoms with van der Waals surface area (Å²) in [5, 5.41) is 12.8. The molecule has 0 radical (unpaired) electrons. The van der Waals surface area contributed by atoms with Gasteiger partial charge in [-0.15, -0.1) is 11.8 Å². The molecule has 0 aliphatic rings. The maximum atomic E-state index is 9.05. The largest absolute Gasteiger partial charge is 0.383 e. The van der Waals surface area contributed by atoms with Crippen LogP contribution in [0.2, 0.25) is 5.02 Å². The van der Waals surface area contributed by atoms with Crippen LogP contribution in [0.5, 0.6) is 0 Å². The Morgan fingerprint density at radius 3 is 2.63 bits per heavy atom. The summed E-state index contributed by atoms with van der Waals surface area (Å²) in [4.78, 5) is 1.25. The van der Waals surface area contributed by atoms with Crippen molar-refractivity contribution in [2.75, 3.05) is 17.6 Å². The van der Waals surface area contributed by atoms with Gasteiger partial charge in [-0.2, -0.15) is 5.26 Å². The summed E-state index contributed by atoms with van der Waals surface area (Å²) in [6.07, 6.45) is 0. The molecule has 0 saturated heterocycles. The molecule has 0 aliphatic carbocycles. The highest BCUT2D eigenvalue weighted by Crippen LogP contribution is 2.23. The predicted molar refractivity (Wildman–Crippen MR) is 81.8 cm³/mol. The lowest BCUT2D eigenvalue weighted by Crippen LogP contribution is -2.05. The molecule has 0 heterocycles. The minimum atomic E-state index is 0.489. The number of nitrogens with zero attached hydrogens (tertiary/aromatic N) is 1. The molecule has 2 aromatic rings. The van der Waals surface area contributed by atoms with Gasteiger partial charge < -0.3 is 5.32 Å². The van der Waals surface area contributed by atoms with Crippen LogP contribution < -0.4 is 5.32 Å². The molecule has 19 heavy (non-hydrogen) atoms. The van der Waals surface area contributed by atoms with Gasteiger partial charge >= 0.3 is 0 Å². The number of nitriles is 1. The van der Waals surface area contributed by atoms with Gasteiger partial charge in [-0.3, -0.25) is 0 Å². The Kier molecular flexibility index (Phi) is 5.14. The van der Waals surface area contributed by atoms with Crippen molar-refractivity contribution < 1.29 is 0 Å². The monoisotopic (exact) mass is 288 g/mol. The lowest BCUT2D eigenvalue weighted by Gasteiger charge is -2.08. The molecule has 2 rings (SSSR count). The second-order valence-corrected chi connectivity index (χ2v) is 5.44. The van der Waals surface area contributed by atoms with Crippen LogP contribution in [0.15, 0.2) is 53.4 Å². The Balaban J connectivity index is 1.87. The normalized spacial score (nSPS) is 9.89. The van der Waals surface area contributed by atoms with Crippen LogP contribution >= 0.6 is 23.4 Å². The van der Waals surface area contributed by atoms with E-state index in [2.05, 4.69) is 23.5 Å². The smallest absolute Gasteiger partial charge is 0.103 e. The minimum absolute atomic E-state index is 0.489. The van der Waals surface area contributed by atoms with Crippen LogP contribution in [-0.2, 0) is 0 Å². The molecule has 0 aliphatic heterocycles. The number of benzene rings is 2. The summed E-state index contributed by atoms with van der Waals surface area (Å²) in [6.45, 7) is 0.786. The molecule has 0 atom stereocenters. The number of halogens is 1. The van der Waals surface area contributed by atoms with Crippen LogP contribution in [0.3, 0.4) is 0 Å². The van der Waals surface area contributed by atoms with Crippen LogP contribution in [-0.4, -0.2) is 12.3 Å². The summed E-state index contributed by atoms with van der Waals surface area (Å²) < 4.78 is 0.